The Labute approximate surface area is 211 Å². The summed E-state index contributed by atoms with van der Waals surface area (Å²) >= 11 is 0. The number of H-pyrrole nitrogens is 1. The van der Waals surface area contributed by atoms with Gasteiger partial charge in [-0.2, -0.15) is 0 Å². The number of pyridine rings is 1. The van der Waals surface area contributed by atoms with Crippen LogP contribution in [0.15, 0.2) is 23.0 Å². The number of aryl methyl sites for hydroxylation is 2. The van der Waals surface area contributed by atoms with Crippen LogP contribution in [-0.4, -0.2) is 61.9 Å². The summed E-state index contributed by atoms with van der Waals surface area (Å²) in [6, 6.07) is 5.92. The van der Waals surface area contributed by atoms with E-state index in [2.05, 4.69) is 45.3 Å². The second-order valence-corrected chi connectivity index (χ2v) is 9.54. The molecule has 10 heteroatoms. The lowest BCUT2D eigenvalue weighted by molar-refractivity contribution is -0.144. The van der Waals surface area contributed by atoms with Gasteiger partial charge in [0.1, 0.15) is 6.54 Å². The fraction of sp³-hybridized carbons (Fsp3) is 0.577. The number of hydrogen-bond acceptors (Lipinski definition) is 8. The van der Waals surface area contributed by atoms with E-state index in [0.29, 0.717) is 31.1 Å². The van der Waals surface area contributed by atoms with Crippen LogP contribution in [0.3, 0.4) is 0 Å². The number of tetrazole rings is 1. The van der Waals surface area contributed by atoms with Crippen molar-refractivity contribution in [2.75, 3.05) is 19.8 Å². The minimum Gasteiger partial charge on any atom is -0.465 e. The number of rotatable bonds is 11. The third-order valence-corrected chi connectivity index (χ3v) is 6.67. The monoisotopic (exact) mass is 496 g/mol. The first-order valence-corrected chi connectivity index (χ1v) is 12.8. The number of nitrogens with zero attached hydrogens (tertiary/aromatic N) is 5. The Morgan fingerprint density at radius 3 is 2.86 bits per heavy atom. The normalized spacial score (nSPS) is 16.6. The lowest BCUT2D eigenvalue weighted by Crippen LogP contribution is -2.38. The van der Waals surface area contributed by atoms with Crippen LogP contribution in [0, 0.1) is 13.8 Å². The summed E-state index contributed by atoms with van der Waals surface area (Å²) in [5.74, 6) is 0.204. The maximum Gasteiger partial charge on any atom is 0.327 e. The van der Waals surface area contributed by atoms with Crippen molar-refractivity contribution in [3.63, 3.8) is 0 Å². The molecule has 0 unspecified atom stereocenters. The number of carbonyl (C=O) groups excluding carboxylic acids is 1. The van der Waals surface area contributed by atoms with E-state index in [4.69, 9.17) is 9.47 Å². The smallest absolute Gasteiger partial charge is 0.327 e. The zero-order valence-electron chi connectivity index (χ0n) is 21.6. The van der Waals surface area contributed by atoms with Crippen molar-refractivity contribution in [2.45, 2.75) is 78.6 Å². The molecule has 1 fully saturated rings. The Balaban J connectivity index is 1.71. The van der Waals surface area contributed by atoms with Crippen LogP contribution in [0.25, 0.3) is 10.9 Å². The number of benzene rings is 1. The van der Waals surface area contributed by atoms with Crippen molar-refractivity contribution in [3.8, 4) is 0 Å². The summed E-state index contributed by atoms with van der Waals surface area (Å²) in [4.78, 5) is 30.7. The Kier molecular flexibility index (Phi) is 8.48. The molecule has 0 radical (unpaired) electrons. The second-order valence-electron chi connectivity index (χ2n) is 9.54. The van der Waals surface area contributed by atoms with E-state index < -0.39 is 0 Å². The van der Waals surface area contributed by atoms with Crippen molar-refractivity contribution < 1.29 is 14.3 Å². The molecular formula is C26H36N6O4. The maximum absolute atomic E-state index is 13.2. The van der Waals surface area contributed by atoms with Gasteiger partial charge in [0, 0.05) is 36.2 Å². The topological polar surface area (TPSA) is 115 Å². The van der Waals surface area contributed by atoms with Gasteiger partial charge in [0.15, 0.2) is 5.82 Å². The number of esters is 1. The van der Waals surface area contributed by atoms with Crippen LogP contribution in [-0.2, 0) is 27.4 Å². The molecule has 1 saturated heterocycles. The summed E-state index contributed by atoms with van der Waals surface area (Å²) < 4.78 is 12.6. The van der Waals surface area contributed by atoms with Crippen molar-refractivity contribution in [3.05, 3.63) is 51.1 Å². The molecule has 10 nitrogen and oxygen atoms in total. The SMILES string of the molecule is CCC[C@@H](c1nnnn1CC(=O)OCC)N(Cc1cc2c(C)cc(C)cc2[nH]c1=O)C[C@H]1CCCO1. The number of hydrogen-bond donors (Lipinski definition) is 1. The summed E-state index contributed by atoms with van der Waals surface area (Å²) in [6.07, 6.45) is 3.70. The summed E-state index contributed by atoms with van der Waals surface area (Å²) in [5.41, 5.74) is 3.65. The van der Waals surface area contributed by atoms with Gasteiger partial charge >= 0.3 is 5.97 Å². The van der Waals surface area contributed by atoms with Crippen molar-refractivity contribution >= 4 is 16.9 Å². The minimum atomic E-state index is -0.385. The second kappa shape index (κ2) is 11.7. The van der Waals surface area contributed by atoms with Crippen LogP contribution in [0.4, 0.5) is 0 Å². The molecule has 0 bridgehead atoms. The van der Waals surface area contributed by atoms with Gasteiger partial charge in [-0.3, -0.25) is 14.5 Å². The molecule has 194 valence electrons. The molecule has 4 rings (SSSR count). The quantitative estimate of drug-likeness (QED) is 0.403. The van der Waals surface area contributed by atoms with Crippen LogP contribution in [0.5, 0.6) is 0 Å². The highest BCUT2D eigenvalue weighted by atomic mass is 16.5. The van der Waals surface area contributed by atoms with Crippen molar-refractivity contribution in [1.29, 1.82) is 0 Å². The first kappa shape index (κ1) is 26.0. The number of aromatic amines is 1. The fourth-order valence-corrected chi connectivity index (χ4v) is 5.04. The molecule has 1 aliphatic rings. The van der Waals surface area contributed by atoms with Gasteiger partial charge in [0.05, 0.1) is 18.8 Å². The van der Waals surface area contributed by atoms with Crippen molar-refractivity contribution in [1.82, 2.24) is 30.1 Å². The van der Waals surface area contributed by atoms with E-state index in [9.17, 15) is 9.59 Å². The molecule has 2 atom stereocenters. The van der Waals surface area contributed by atoms with Gasteiger partial charge in [0.2, 0.25) is 0 Å². The minimum absolute atomic E-state index is 0.0563. The average molecular weight is 497 g/mol. The molecule has 2 aromatic heterocycles. The molecule has 0 spiro atoms. The van der Waals surface area contributed by atoms with Gasteiger partial charge in [0.25, 0.3) is 5.56 Å². The summed E-state index contributed by atoms with van der Waals surface area (Å²) in [7, 11) is 0. The highest BCUT2D eigenvalue weighted by molar-refractivity contribution is 5.83. The van der Waals surface area contributed by atoms with Gasteiger partial charge in [-0.15, -0.1) is 5.10 Å². The third-order valence-electron chi connectivity index (χ3n) is 6.67. The lowest BCUT2D eigenvalue weighted by atomic mass is 10.0. The zero-order valence-corrected chi connectivity index (χ0v) is 21.6. The molecule has 1 N–H and O–H groups in total. The summed E-state index contributed by atoms with van der Waals surface area (Å²) in [6.45, 7) is 9.99. The molecule has 0 amide bonds. The maximum atomic E-state index is 13.2. The summed E-state index contributed by atoms with van der Waals surface area (Å²) in [5, 5.41) is 13.3. The predicted molar refractivity (Wildman–Crippen MR) is 136 cm³/mol. The Hall–Kier alpha value is -3.11. The largest absolute Gasteiger partial charge is 0.465 e. The van der Waals surface area contributed by atoms with E-state index in [-0.39, 0.29) is 30.2 Å². The molecule has 1 aliphatic heterocycles. The molecule has 3 aromatic rings. The fourth-order valence-electron chi connectivity index (χ4n) is 5.04. The molecule has 3 heterocycles. The van der Waals surface area contributed by atoms with E-state index in [1.54, 1.807) is 6.92 Å². The molecule has 1 aromatic carbocycles. The highest BCUT2D eigenvalue weighted by Crippen LogP contribution is 2.28. The van der Waals surface area contributed by atoms with E-state index in [1.165, 1.54) is 4.68 Å². The Morgan fingerprint density at radius 1 is 1.31 bits per heavy atom. The number of ether oxygens (including phenoxy) is 2. The molecule has 0 saturated carbocycles. The number of carbonyl (C=O) groups is 1. The van der Waals surface area contributed by atoms with Crippen LogP contribution >= 0.6 is 0 Å². The zero-order chi connectivity index (χ0) is 25.7. The average Bonchev–Trinajstić information content (AvgIpc) is 3.50. The highest BCUT2D eigenvalue weighted by Gasteiger charge is 2.30. The first-order valence-electron chi connectivity index (χ1n) is 12.8. The third kappa shape index (κ3) is 5.99. The van der Waals surface area contributed by atoms with Crippen molar-refractivity contribution in [2.24, 2.45) is 0 Å². The number of fused-ring (bicyclic) bond motifs is 1. The number of nitrogens with one attached hydrogen (secondary N) is 1. The van der Waals surface area contributed by atoms with Gasteiger partial charge in [-0.05, 0) is 73.7 Å². The van der Waals surface area contributed by atoms with Crippen LogP contribution in [0.2, 0.25) is 0 Å². The predicted octanol–water partition coefficient (Wildman–Crippen LogP) is 3.22. The molecule has 36 heavy (non-hydrogen) atoms. The van der Waals surface area contributed by atoms with Gasteiger partial charge in [-0.25, -0.2) is 4.68 Å². The standard InChI is InChI=1S/C26H36N6O4/c1-5-8-23(25-28-29-30-32(25)16-24(33)35-6-2)31(15-20-9-7-10-36-20)14-19-13-21-18(4)11-17(3)12-22(21)27-26(19)34/h11-13,20,23H,5-10,14-16H2,1-4H3,(H,27,34)/t20-,23+/m1/s1. The molecular weight excluding hydrogens is 460 g/mol. The van der Waals surface area contributed by atoms with Gasteiger partial charge < -0.3 is 14.5 Å². The first-order chi connectivity index (χ1) is 17.4. The van der Waals surface area contributed by atoms with Crippen LogP contribution < -0.4 is 5.56 Å². The lowest BCUT2D eigenvalue weighted by Gasteiger charge is -2.32. The van der Waals surface area contributed by atoms with Crippen LogP contribution in [0.1, 0.15) is 68.1 Å². The van der Waals surface area contributed by atoms with E-state index in [1.807, 2.05) is 19.1 Å². The van der Waals surface area contributed by atoms with Gasteiger partial charge in [-0.1, -0.05) is 19.4 Å². The Morgan fingerprint density at radius 2 is 2.14 bits per heavy atom. The van der Waals surface area contributed by atoms with E-state index in [0.717, 1.165) is 54.3 Å². The molecule has 0 aliphatic carbocycles. The van der Waals surface area contributed by atoms with E-state index >= 15 is 0 Å². The Bertz CT molecular complexity index is 1250. The number of aromatic nitrogens is 5.